The molecule has 2 atom stereocenters. The van der Waals surface area contributed by atoms with Gasteiger partial charge in [0.2, 0.25) is 0 Å². The Morgan fingerprint density at radius 2 is 2.10 bits per heavy atom. The zero-order valence-corrected chi connectivity index (χ0v) is 17.6. The number of benzene rings is 1. The Morgan fingerprint density at radius 3 is 2.80 bits per heavy atom. The molecule has 0 radical (unpaired) electrons. The molecular formula is C23H25N7. The first-order chi connectivity index (χ1) is 14.5. The molecule has 1 saturated heterocycles. The summed E-state index contributed by atoms with van der Waals surface area (Å²) in [6.07, 6.45) is 5.27. The molecule has 0 aliphatic carbocycles. The highest BCUT2D eigenvalue weighted by Gasteiger charge is 2.29. The minimum absolute atomic E-state index is 0.0184. The van der Waals surface area contributed by atoms with Gasteiger partial charge in [0.15, 0.2) is 0 Å². The van der Waals surface area contributed by atoms with Gasteiger partial charge in [-0.25, -0.2) is 9.97 Å². The molecule has 2 aromatic heterocycles. The predicted octanol–water partition coefficient (Wildman–Crippen LogP) is 3.71. The molecule has 1 aliphatic heterocycles. The molecule has 0 N–H and O–H groups in total. The van der Waals surface area contributed by atoms with Crippen LogP contribution in [0, 0.1) is 28.6 Å². The average molecular weight is 400 g/mol. The third-order valence-corrected chi connectivity index (χ3v) is 5.99. The normalized spacial score (nSPS) is 17.6. The van der Waals surface area contributed by atoms with Gasteiger partial charge < -0.3 is 9.47 Å². The summed E-state index contributed by atoms with van der Waals surface area (Å²) in [6, 6.07) is 12.7. The number of aromatic nitrogens is 3. The van der Waals surface area contributed by atoms with Gasteiger partial charge in [-0.3, -0.25) is 4.90 Å². The maximum Gasteiger partial charge on any atom is 0.134 e. The number of nitriles is 2. The third kappa shape index (κ3) is 3.49. The van der Waals surface area contributed by atoms with Gasteiger partial charge in [-0.05, 0) is 30.0 Å². The van der Waals surface area contributed by atoms with Gasteiger partial charge in [0, 0.05) is 38.9 Å². The lowest BCUT2D eigenvalue weighted by molar-refractivity contribution is 0.289. The van der Waals surface area contributed by atoms with Crippen LogP contribution in [-0.2, 0) is 13.5 Å². The fourth-order valence-corrected chi connectivity index (χ4v) is 4.21. The molecule has 1 aromatic carbocycles. The molecule has 0 bridgehead atoms. The van der Waals surface area contributed by atoms with Crippen LogP contribution >= 0.6 is 0 Å². The molecule has 152 valence electrons. The summed E-state index contributed by atoms with van der Waals surface area (Å²) in [7, 11) is 3.99. The smallest absolute Gasteiger partial charge is 0.134 e. The van der Waals surface area contributed by atoms with Gasteiger partial charge >= 0.3 is 0 Å². The van der Waals surface area contributed by atoms with Crippen LogP contribution in [0.5, 0.6) is 0 Å². The van der Waals surface area contributed by atoms with Crippen molar-refractivity contribution in [3.63, 3.8) is 0 Å². The van der Waals surface area contributed by atoms with Crippen LogP contribution in [0.2, 0.25) is 0 Å². The highest BCUT2D eigenvalue weighted by molar-refractivity contribution is 5.79. The van der Waals surface area contributed by atoms with Crippen LogP contribution in [0.4, 0.5) is 11.5 Å². The Labute approximate surface area is 176 Å². The number of imidazole rings is 1. The number of nitrogens with zero attached hydrogens (tertiary/aromatic N) is 7. The summed E-state index contributed by atoms with van der Waals surface area (Å²) in [4.78, 5) is 13.1. The van der Waals surface area contributed by atoms with E-state index in [0.29, 0.717) is 6.54 Å². The van der Waals surface area contributed by atoms with Crippen LogP contribution in [0.1, 0.15) is 30.5 Å². The monoisotopic (exact) mass is 399 g/mol. The summed E-state index contributed by atoms with van der Waals surface area (Å²) in [5.41, 5.74) is 5.13. The zero-order chi connectivity index (χ0) is 21.3. The van der Waals surface area contributed by atoms with Crippen molar-refractivity contribution in [2.24, 2.45) is 13.0 Å². The second kappa shape index (κ2) is 8.14. The lowest BCUT2D eigenvalue weighted by atomic mass is 10.00. The van der Waals surface area contributed by atoms with Gasteiger partial charge in [-0.1, -0.05) is 19.1 Å². The first kappa shape index (κ1) is 19.9. The molecule has 4 rings (SSSR count). The van der Waals surface area contributed by atoms with Gasteiger partial charge in [-0.2, -0.15) is 10.5 Å². The molecule has 3 aromatic rings. The van der Waals surface area contributed by atoms with Gasteiger partial charge in [0.25, 0.3) is 0 Å². The lowest BCUT2D eigenvalue weighted by Crippen LogP contribution is -2.25. The van der Waals surface area contributed by atoms with Crippen molar-refractivity contribution in [2.45, 2.75) is 25.8 Å². The van der Waals surface area contributed by atoms with Crippen molar-refractivity contribution in [2.75, 3.05) is 25.0 Å². The zero-order valence-electron chi connectivity index (χ0n) is 17.6. The van der Waals surface area contributed by atoms with Crippen LogP contribution < -0.4 is 4.90 Å². The first-order valence-corrected chi connectivity index (χ1v) is 10.2. The number of hydrogen-bond acceptors (Lipinski definition) is 6. The van der Waals surface area contributed by atoms with Crippen molar-refractivity contribution >= 4 is 22.5 Å². The van der Waals surface area contributed by atoms with Crippen LogP contribution in [0.3, 0.4) is 0 Å². The van der Waals surface area contributed by atoms with Crippen LogP contribution in [0.25, 0.3) is 11.0 Å². The standard InChI is InChI=1S/C23H25N7/c1-4-17-9-18(22(12-25)30-8-7-16(11-24)14-30)5-6-20(17)29(3)23-10-21-19(13-26-23)27-15-28(21)2/h5-6,9-10,13,15-16,22H,4,7-8,14H2,1-3H3. The minimum Gasteiger partial charge on any atom is -0.334 e. The number of pyridine rings is 1. The Bertz CT molecular complexity index is 1150. The maximum atomic E-state index is 9.82. The molecule has 0 spiro atoms. The summed E-state index contributed by atoms with van der Waals surface area (Å²) in [5.74, 6) is 0.867. The summed E-state index contributed by atoms with van der Waals surface area (Å²) < 4.78 is 1.99. The fraction of sp³-hybridized carbons (Fsp3) is 0.391. The first-order valence-electron chi connectivity index (χ1n) is 10.2. The van der Waals surface area contributed by atoms with Gasteiger partial charge in [0.1, 0.15) is 17.4 Å². The number of likely N-dealkylation sites (tertiary alicyclic amines) is 1. The van der Waals surface area contributed by atoms with Crippen LogP contribution in [0.15, 0.2) is 36.8 Å². The summed E-state index contributed by atoms with van der Waals surface area (Å²) in [6.45, 7) is 3.57. The van der Waals surface area contributed by atoms with E-state index >= 15 is 0 Å². The predicted molar refractivity (Wildman–Crippen MR) is 116 cm³/mol. The Balaban J connectivity index is 1.65. The summed E-state index contributed by atoms with van der Waals surface area (Å²) >= 11 is 0. The number of anilines is 2. The second-order valence-electron chi connectivity index (χ2n) is 7.83. The Hall–Kier alpha value is -3.42. The number of fused-ring (bicyclic) bond motifs is 1. The van der Waals surface area contributed by atoms with E-state index in [0.717, 1.165) is 53.1 Å². The van der Waals surface area contributed by atoms with Crippen molar-refractivity contribution < 1.29 is 0 Å². The highest BCUT2D eigenvalue weighted by atomic mass is 15.2. The van der Waals surface area contributed by atoms with E-state index in [1.54, 1.807) is 12.5 Å². The van der Waals surface area contributed by atoms with E-state index in [1.165, 1.54) is 0 Å². The van der Waals surface area contributed by atoms with E-state index < -0.39 is 0 Å². The quantitative estimate of drug-likeness (QED) is 0.650. The molecule has 7 heteroatoms. The SMILES string of the molecule is CCc1cc(C(C#N)N2CCC(C#N)C2)ccc1N(C)c1cc2c(cn1)ncn2C. The van der Waals surface area contributed by atoms with Crippen molar-refractivity contribution in [3.8, 4) is 12.1 Å². The van der Waals surface area contributed by atoms with E-state index in [-0.39, 0.29) is 12.0 Å². The van der Waals surface area contributed by atoms with Crippen molar-refractivity contribution in [1.29, 1.82) is 10.5 Å². The largest absolute Gasteiger partial charge is 0.334 e. The molecule has 1 aliphatic rings. The lowest BCUT2D eigenvalue weighted by Gasteiger charge is -2.25. The fourth-order valence-electron chi connectivity index (χ4n) is 4.21. The van der Waals surface area contributed by atoms with Gasteiger partial charge in [-0.15, -0.1) is 0 Å². The Morgan fingerprint density at radius 1 is 1.27 bits per heavy atom. The number of rotatable bonds is 5. The van der Waals surface area contributed by atoms with E-state index in [2.05, 4.69) is 51.0 Å². The van der Waals surface area contributed by atoms with E-state index in [1.807, 2.05) is 30.8 Å². The molecule has 1 fully saturated rings. The third-order valence-electron chi connectivity index (χ3n) is 5.99. The van der Waals surface area contributed by atoms with Gasteiger partial charge in [0.05, 0.1) is 36.1 Å². The topological polar surface area (TPSA) is 84.8 Å². The average Bonchev–Trinajstić information content (AvgIpc) is 3.40. The molecule has 2 unspecified atom stereocenters. The molecular weight excluding hydrogens is 374 g/mol. The minimum atomic E-state index is -0.322. The van der Waals surface area contributed by atoms with Crippen molar-refractivity contribution in [1.82, 2.24) is 19.4 Å². The van der Waals surface area contributed by atoms with Crippen LogP contribution in [-0.4, -0.2) is 39.6 Å². The second-order valence-corrected chi connectivity index (χ2v) is 7.83. The van der Waals surface area contributed by atoms with E-state index in [4.69, 9.17) is 0 Å². The molecule has 30 heavy (non-hydrogen) atoms. The number of hydrogen-bond donors (Lipinski definition) is 0. The molecule has 7 nitrogen and oxygen atoms in total. The van der Waals surface area contributed by atoms with Crippen molar-refractivity contribution in [3.05, 3.63) is 47.9 Å². The summed E-state index contributed by atoms with van der Waals surface area (Å²) in [5, 5.41) is 19.0. The van der Waals surface area contributed by atoms with E-state index in [9.17, 15) is 10.5 Å². The highest BCUT2D eigenvalue weighted by Crippen LogP contribution is 2.33. The Kier molecular flexibility index (Phi) is 5.39. The maximum absolute atomic E-state index is 9.82. The molecule has 0 amide bonds. The molecule has 0 saturated carbocycles. The molecule has 3 heterocycles. The number of aryl methyl sites for hydroxylation is 2.